The molecule has 2 heterocycles. The first-order valence-corrected chi connectivity index (χ1v) is 9.34. The van der Waals surface area contributed by atoms with Crippen LogP contribution in [0.15, 0.2) is 33.2 Å². The van der Waals surface area contributed by atoms with Gasteiger partial charge in [0.2, 0.25) is 5.76 Å². The molecule has 0 saturated heterocycles. The zero-order valence-corrected chi connectivity index (χ0v) is 17.1. The second kappa shape index (κ2) is 7.75. The van der Waals surface area contributed by atoms with Crippen LogP contribution in [0, 0.1) is 0 Å². The first-order chi connectivity index (χ1) is 13.2. The molecule has 0 saturated carbocycles. The summed E-state index contributed by atoms with van der Waals surface area (Å²) in [6, 6.07) is 7.44. The van der Waals surface area contributed by atoms with Crippen molar-refractivity contribution in [3.8, 4) is 0 Å². The Morgan fingerprint density at radius 3 is 2.54 bits per heavy atom. The van der Waals surface area contributed by atoms with Gasteiger partial charge in [-0.25, -0.2) is 4.79 Å². The number of ether oxygens (including phenoxy) is 2. The lowest BCUT2D eigenvalue weighted by atomic mass is 9.96. The highest BCUT2D eigenvalue weighted by molar-refractivity contribution is 5.96. The number of nitrogens with zero attached hydrogens (tertiary/aromatic N) is 2. The van der Waals surface area contributed by atoms with Gasteiger partial charge in [-0.1, -0.05) is 44.1 Å². The van der Waals surface area contributed by atoms with E-state index in [-0.39, 0.29) is 29.8 Å². The Balaban J connectivity index is 1.84. The van der Waals surface area contributed by atoms with E-state index in [4.69, 9.17) is 18.4 Å². The number of hydrogen-bond acceptors (Lipinski definition) is 7. The molecule has 0 N–H and O–H groups in total. The van der Waals surface area contributed by atoms with Crippen molar-refractivity contribution >= 4 is 16.9 Å². The van der Waals surface area contributed by atoms with Gasteiger partial charge in [0.15, 0.2) is 11.9 Å². The van der Waals surface area contributed by atoms with Crippen LogP contribution in [0.5, 0.6) is 0 Å². The van der Waals surface area contributed by atoms with Crippen LogP contribution >= 0.6 is 0 Å². The average Bonchev–Trinajstić information content (AvgIpc) is 3.25. The van der Waals surface area contributed by atoms with Crippen molar-refractivity contribution in [2.24, 2.45) is 0 Å². The SMILES string of the molecule is CC(C)OCc1c(C(=O)OC(C)c2nc(C(C)(C)C)no2)oc2ccccc12. The molecule has 0 spiro atoms. The predicted octanol–water partition coefficient (Wildman–Crippen LogP) is 4.96. The van der Waals surface area contributed by atoms with Gasteiger partial charge in [-0.2, -0.15) is 4.98 Å². The van der Waals surface area contributed by atoms with E-state index in [0.717, 1.165) is 5.39 Å². The number of benzene rings is 1. The number of furan rings is 1. The maximum atomic E-state index is 12.8. The van der Waals surface area contributed by atoms with Gasteiger partial charge >= 0.3 is 5.97 Å². The molecule has 7 nitrogen and oxygen atoms in total. The van der Waals surface area contributed by atoms with Crippen molar-refractivity contribution in [2.75, 3.05) is 0 Å². The molecule has 28 heavy (non-hydrogen) atoms. The molecule has 1 aromatic carbocycles. The zero-order chi connectivity index (χ0) is 20.5. The minimum absolute atomic E-state index is 0.0191. The van der Waals surface area contributed by atoms with Crippen molar-refractivity contribution in [3.05, 3.63) is 47.3 Å². The van der Waals surface area contributed by atoms with Gasteiger partial charge in [-0.15, -0.1) is 0 Å². The molecule has 150 valence electrons. The maximum Gasteiger partial charge on any atom is 0.375 e. The summed E-state index contributed by atoms with van der Waals surface area (Å²) in [7, 11) is 0. The summed E-state index contributed by atoms with van der Waals surface area (Å²) in [5, 5.41) is 4.80. The van der Waals surface area contributed by atoms with E-state index < -0.39 is 12.1 Å². The molecule has 0 fully saturated rings. The lowest BCUT2D eigenvalue weighted by Gasteiger charge is -2.12. The first-order valence-electron chi connectivity index (χ1n) is 9.34. The van der Waals surface area contributed by atoms with Gasteiger partial charge in [0.25, 0.3) is 5.89 Å². The number of rotatable bonds is 6. The van der Waals surface area contributed by atoms with Gasteiger partial charge in [0.05, 0.1) is 12.7 Å². The first kappa shape index (κ1) is 20.1. The van der Waals surface area contributed by atoms with Crippen LogP contribution < -0.4 is 0 Å². The smallest absolute Gasteiger partial charge is 0.375 e. The summed E-state index contributed by atoms with van der Waals surface area (Å²) in [6.45, 7) is 11.7. The second-order valence-electron chi connectivity index (χ2n) is 8.02. The van der Waals surface area contributed by atoms with Crippen LogP contribution in [0.25, 0.3) is 11.0 Å². The van der Waals surface area contributed by atoms with E-state index in [9.17, 15) is 4.79 Å². The third-order valence-corrected chi connectivity index (χ3v) is 4.19. The fourth-order valence-electron chi connectivity index (χ4n) is 2.63. The topological polar surface area (TPSA) is 87.6 Å². The Morgan fingerprint density at radius 1 is 1.18 bits per heavy atom. The van der Waals surface area contributed by atoms with Crippen LogP contribution in [0.2, 0.25) is 0 Å². The summed E-state index contributed by atoms with van der Waals surface area (Å²) in [6.07, 6.45) is -0.686. The Kier molecular flexibility index (Phi) is 5.56. The van der Waals surface area contributed by atoms with E-state index >= 15 is 0 Å². The highest BCUT2D eigenvalue weighted by atomic mass is 16.6. The largest absolute Gasteiger partial charge is 0.449 e. The van der Waals surface area contributed by atoms with Crippen LogP contribution in [0.1, 0.15) is 75.5 Å². The van der Waals surface area contributed by atoms with Gasteiger partial charge in [0, 0.05) is 16.4 Å². The summed E-state index contributed by atoms with van der Waals surface area (Å²) in [4.78, 5) is 17.1. The van der Waals surface area contributed by atoms with E-state index in [0.29, 0.717) is 17.0 Å². The molecule has 0 radical (unpaired) electrons. The minimum Gasteiger partial charge on any atom is -0.449 e. The highest BCUT2D eigenvalue weighted by Gasteiger charge is 2.28. The van der Waals surface area contributed by atoms with E-state index in [1.54, 1.807) is 6.92 Å². The standard InChI is InChI=1S/C21H26N2O5/c1-12(2)25-11-15-14-9-7-8-10-16(14)27-17(15)19(24)26-13(3)18-22-20(23-28-18)21(4,5)6/h7-10,12-13H,11H2,1-6H3. The van der Waals surface area contributed by atoms with Crippen molar-refractivity contribution in [1.82, 2.24) is 10.1 Å². The fourth-order valence-corrected chi connectivity index (χ4v) is 2.63. The van der Waals surface area contributed by atoms with Crippen molar-refractivity contribution in [1.29, 1.82) is 0 Å². The van der Waals surface area contributed by atoms with Crippen LogP contribution in [-0.4, -0.2) is 22.2 Å². The summed E-state index contributed by atoms with van der Waals surface area (Å²) < 4.78 is 22.3. The lowest BCUT2D eigenvalue weighted by molar-refractivity contribution is 0.0218. The molecule has 1 unspecified atom stereocenters. The molecular weight excluding hydrogens is 360 g/mol. The molecule has 0 amide bonds. The zero-order valence-electron chi connectivity index (χ0n) is 17.1. The Bertz CT molecular complexity index is 965. The number of aromatic nitrogens is 2. The molecule has 3 rings (SSSR count). The minimum atomic E-state index is -0.705. The van der Waals surface area contributed by atoms with Crippen molar-refractivity contribution in [3.63, 3.8) is 0 Å². The molecule has 0 aliphatic rings. The molecule has 0 bridgehead atoms. The second-order valence-corrected chi connectivity index (χ2v) is 8.02. The van der Waals surface area contributed by atoms with Crippen LogP contribution in [0.4, 0.5) is 0 Å². The Hall–Kier alpha value is -2.67. The summed E-state index contributed by atoms with van der Waals surface area (Å²) >= 11 is 0. The number of carbonyl (C=O) groups is 1. The predicted molar refractivity (Wildman–Crippen MR) is 103 cm³/mol. The van der Waals surface area contributed by atoms with E-state index in [2.05, 4.69) is 10.1 Å². The lowest BCUT2D eigenvalue weighted by Crippen LogP contribution is -2.14. The van der Waals surface area contributed by atoms with E-state index in [1.807, 2.05) is 58.9 Å². The number of fused-ring (bicyclic) bond motifs is 1. The molecule has 2 aromatic heterocycles. The third kappa shape index (κ3) is 4.25. The molecule has 0 aliphatic carbocycles. The molecule has 3 aromatic rings. The van der Waals surface area contributed by atoms with Crippen LogP contribution in [0.3, 0.4) is 0 Å². The van der Waals surface area contributed by atoms with Gasteiger partial charge in [-0.3, -0.25) is 0 Å². The van der Waals surface area contributed by atoms with Crippen molar-refractivity contribution < 1.29 is 23.2 Å². The quantitative estimate of drug-likeness (QED) is 0.553. The number of carbonyl (C=O) groups excluding carboxylic acids is 1. The van der Waals surface area contributed by atoms with E-state index in [1.165, 1.54) is 0 Å². The number of esters is 1. The van der Waals surface area contributed by atoms with Gasteiger partial charge < -0.3 is 18.4 Å². The normalized spacial score (nSPS) is 13.2. The Morgan fingerprint density at radius 2 is 1.89 bits per heavy atom. The fraction of sp³-hybridized carbons (Fsp3) is 0.476. The molecule has 1 atom stereocenters. The maximum absolute atomic E-state index is 12.8. The monoisotopic (exact) mass is 386 g/mol. The summed E-state index contributed by atoms with van der Waals surface area (Å²) in [5.41, 5.74) is 1.02. The average molecular weight is 386 g/mol. The molecular formula is C21H26N2O5. The number of hydrogen-bond donors (Lipinski definition) is 0. The highest BCUT2D eigenvalue weighted by Crippen LogP contribution is 2.29. The van der Waals surface area contributed by atoms with Crippen molar-refractivity contribution in [2.45, 2.75) is 65.8 Å². The molecule has 0 aliphatic heterocycles. The van der Waals surface area contributed by atoms with Gasteiger partial charge in [0.1, 0.15) is 5.58 Å². The molecule has 7 heteroatoms. The summed E-state index contributed by atoms with van der Waals surface area (Å²) in [5.74, 6) is 0.334. The van der Waals surface area contributed by atoms with Gasteiger partial charge in [-0.05, 0) is 26.8 Å². The third-order valence-electron chi connectivity index (χ3n) is 4.19. The Labute approximate surface area is 164 Å². The van der Waals surface area contributed by atoms with Crippen LogP contribution in [-0.2, 0) is 21.5 Å². The number of para-hydroxylation sites is 1.